The Kier molecular flexibility index (Phi) is 2.06. The van der Waals surface area contributed by atoms with Gasteiger partial charge in [0, 0.05) is 6.04 Å². The number of hydrogen-bond donors (Lipinski definition) is 1. The van der Waals surface area contributed by atoms with Crippen molar-refractivity contribution in [2.45, 2.75) is 51.1 Å². The lowest BCUT2D eigenvalue weighted by atomic mass is 9.90. The third kappa shape index (κ3) is 1.26. The maximum Gasteiger partial charge on any atom is 0.243 e. The molecule has 74 valence electrons. The Hall–Kier alpha value is -0.570. The Morgan fingerprint density at radius 2 is 2.31 bits per heavy atom. The van der Waals surface area contributed by atoms with Crippen molar-refractivity contribution in [2.75, 3.05) is 6.67 Å². The van der Waals surface area contributed by atoms with Crippen LogP contribution in [0.3, 0.4) is 0 Å². The molecule has 3 heteroatoms. The molecule has 0 bridgehead atoms. The highest BCUT2D eigenvalue weighted by Crippen LogP contribution is 2.30. The van der Waals surface area contributed by atoms with E-state index < -0.39 is 0 Å². The van der Waals surface area contributed by atoms with E-state index in [4.69, 9.17) is 0 Å². The van der Waals surface area contributed by atoms with E-state index in [9.17, 15) is 4.79 Å². The summed E-state index contributed by atoms with van der Waals surface area (Å²) in [4.78, 5) is 14.0. The van der Waals surface area contributed by atoms with Crippen molar-refractivity contribution in [1.29, 1.82) is 0 Å². The average molecular weight is 182 g/mol. The smallest absolute Gasteiger partial charge is 0.243 e. The number of rotatable bonds is 2. The molecular weight excluding hydrogens is 164 g/mol. The van der Waals surface area contributed by atoms with E-state index in [1.54, 1.807) is 0 Å². The van der Waals surface area contributed by atoms with Crippen LogP contribution in [-0.2, 0) is 4.79 Å². The maximum absolute atomic E-state index is 12.0. The lowest BCUT2D eigenvalue weighted by molar-refractivity contribution is -0.135. The Balaban J connectivity index is 2.05. The molecule has 3 nitrogen and oxygen atoms in total. The van der Waals surface area contributed by atoms with Crippen molar-refractivity contribution in [1.82, 2.24) is 10.2 Å². The Morgan fingerprint density at radius 3 is 2.69 bits per heavy atom. The minimum atomic E-state index is -0.282. The van der Waals surface area contributed by atoms with Gasteiger partial charge in [0.05, 0.1) is 12.2 Å². The highest BCUT2D eigenvalue weighted by molar-refractivity contribution is 5.88. The van der Waals surface area contributed by atoms with Gasteiger partial charge < -0.3 is 4.90 Å². The SMILES string of the molecule is CCC1(C)NCN(C2CCC2)C1=O. The first-order chi connectivity index (χ1) is 6.17. The number of amides is 1. The van der Waals surface area contributed by atoms with Crippen LogP contribution in [0.5, 0.6) is 0 Å². The largest absolute Gasteiger partial charge is 0.325 e. The topological polar surface area (TPSA) is 32.3 Å². The Bertz CT molecular complexity index is 225. The second kappa shape index (κ2) is 2.98. The first-order valence-corrected chi connectivity index (χ1v) is 5.23. The summed E-state index contributed by atoms with van der Waals surface area (Å²) in [6.45, 7) is 4.83. The standard InChI is InChI=1S/C10H18N2O/c1-3-10(2)9(13)12(7-11-10)8-5-4-6-8/h8,11H,3-7H2,1-2H3. The number of nitrogens with zero attached hydrogens (tertiary/aromatic N) is 1. The van der Waals surface area contributed by atoms with Crippen LogP contribution >= 0.6 is 0 Å². The highest BCUT2D eigenvalue weighted by Gasteiger charge is 2.44. The second-order valence-corrected chi connectivity index (χ2v) is 4.38. The minimum absolute atomic E-state index is 0.282. The molecule has 1 heterocycles. The molecule has 1 saturated carbocycles. The summed E-state index contributed by atoms with van der Waals surface area (Å²) in [6, 6.07) is 0.536. The fraction of sp³-hybridized carbons (Fsp3) is 0.900. The van der Waals surface area contributed by atoms with E-state index in [0.29, 0.717) is 11.9 Å². The molecular formula is C10H18N2O. The molecule has 1 aliphatic carbocycles. The van der Waals surface area contributed by atoms with E-state index in [1.165, 1.54) is 19.3 Å². The van der Waals surface area contributed by atoms with Crippen molar-refractivity contribution in [3.63, 3.8) is 0 Å². The fourth-order valence-electron chi connectivity index (χ4n) is 1.99. The van der Waals surface area contributed by atoms with E-state index in [-0.39, 0.29) is 5.54 Å². The molecule has 2 rings (SSSR count). The molecule has 0 radical (unpaired) electrons. The van der Waals surface area contributed by atoms with Crippen LogP contribution in [0.1, 0.15) is 39.5 Å². The summed E-state index contributed by atoms with van der Waals surface area (Å²) in [7, 11) is 0. The van der Waals surface area contributed by atoms with Crippen LogP contribution < -0.4 is 5.32 Å². The summed E-state index contributed by atoms with van der Waals surface area (Å²) in [5.74, 6) is 0.305. The normalized spacial score (nSPS) is 35.2. The molecule has 2 fully saturated rings. The molecule has 1 aliphatic heterocycles. The Morgan fingerprint density at radius 1 is 1.62 bits per heavy atom. The molecule has 0 spiro atoms. The summed E-state index contributed by atoms with van der Waals surface area (Å²) < 4.78 is 0. The van der Waals surface area contributed by atoms with Gasteiger partial charge in [0.15, 0.2) is 0 Å². The monoisotopic (exact) mass is 182 g/mol. The average Bonchev–Trinajstić information content (AvgIpc) is 2.31. The third-order valence-electron chi connectivity index (χ3n) is 3.60. The first kappa shape index (κ1) is 9.00. The zero-order chi connectivity index (χ0) is 9.47. The van der Waals surface area contributed by atoms with Crippen molar-refractivity contribution in [3.05, 3.63) is 0 Å². The Labute approximate surface area is 79.5 Å². The lowest BCUT2D eigenvalue weighted by Gasteiger charge is -2.34. The molecule has 13 heavy (non-hydrogen) atoms. The van der Waals surface area contributed by atoms with Gasteiger partial charge in [0.25, 0.3) is 0 Å². The molecule has 1 saturated heterocycles. The quantitative estimate of drug-likeness (QED) is 0.693. The van der Waals surface area contributed by atoms with E-state index in [2.05, 4.69) is 12.2 Å². The number of hydrogen-bond acceptors (Lipinski definition) is 2. The van der Waals surface area contributed by atoms with Crippen LogP contribution in [0.2, 0.25) is 0 Å². The molecule has 0 aromatic rings. The fourth-order valence-corrected chi connectivity index (χ4v) is 1.99. The van der Waals surface area contributed by atoms with Crippen LogP contribution in [0.25, 0.3) is 0 Å². The van der Waals surface area contributed by atoms with Gasteiger partial charge in [-0.05, 0) is 32.6 Å². The van der Waals surface area contributed by atoms with Gasteiger partial charge in [-0.2, -0.15) is 0 Å². The van der Waals surface area contributed by atoms with Crippen LogP contribution in [-0.4, -0.2) is 29.1 Å². The summed E-state index contributed by atoms with van der Waals surface area (Å²) in [5.41, 5.74) is -0.282. The second-order valence-electron chi connectivity index (χ2n) is 4.38. The van der Waals surface area contributed by atoms with Gasteiger partial charge in [-0.1, -0.05) is 6.92 Å². The summed E-state index contributed by atoms with van der Waals surface area (Å²) >= 11 is 0. The van der Waals surface area contributed by atoms with Gasteiger partial charge in [-0.15, -0.1) is 0 Å². The summed E-state index contributed by atoms with van der Waals surface area (Å²) in [5, 5.41) is 3.31. The first-order valence-electron chi connectivity index (χ1n) is 5.23. The van der Waals surface area contributed by atoms with Crippen LogP contribution in [0.4, 0.5) is 0 Å². The van der Waals surface area contributed by atoms with E-state index >= 15 is 0 Å². The minimum Gasteiger partial charge on any atom is -0.325 e. The predicted molar refractivity (Wildman–Crippen MR) is 51.2 cm³/mol. The molecule has 2 aliphatic rings. The van der Waals surface area contributed by atoms with Crippen molar-refractivity contribution < 1.29 is 4.79 Å². The highest BCUT2D eigenvalue weighted by atomic mass is 16.2. The third-order valence-corrected chi connectivity index (χ3v) is 3.60. The molecule has 1 N–H and O–H groups in total. The number of carbonyl (C=O) groups is 1. The van der Waals surface area contributed by atoms with E-state index in [1.807, 2.05) is 11.8 Å². The molecule has 1 unspecified atom stereocenters. The van der Waals surface area contributed by atoms with Crippen LogP contribution in [0.15, 0.2) is 0 Å². The molecule has 1 amide bonds. The molecule has 0 aromatic heterocycles. The zero-order valence-electron chi connectivity index (χ0n) is 8.47. The number of carbonyl (C=O) groups excluding carboxylic acids is 1. The van der Waals surface area contributed by atoms with Crippen molar-refractivity contribution in [2.24, 2.45) is 0 Å². The van der Waals surface area contributed by atoms with E-state index in [0.717, 1.165) is 13.1 Å². The van der Waals surface area contributed by atoms with Gasteiger partial charge in [-0.3, -0.25) is 10.1 Å². The zero-order valence-corrected chi connectivity index (χ0v) is 8.47. The molecule has 0 aromatic carbocycles. The maximum atomic E-state index is 12.0. The molecule has 1 atom stereocenters. The number of nitrogens with one attached hydrogen (secondary N) is 1. The van der Waals surface area contributed by atoms with Gasteiger partial charge >= 0.3 is 0 Å². The van der Waals surface area contributed by atoms with Gasteiger partial charge in [-0.25, -0.2) is 0 Å². The van der Waals surface area contributed by atoms with Crippen LogP contribution in [0, 0.1) is 0 Å². The van der Waals surface area contributed by atoms with Crippen molar-refractivity contribution >= 4 is 5.91 Å². The predicted octanol–water partition coefficient (Wildman–Crippen LogP) is 1.10. The lowest BCUT2D eigenvalue weighted by Crippen LogP contribution is -2.46. The van der Waals surface area contributed by atoms with Gasteiger partial charge in [0.1, 0.15) is 0 Å². The summed E-state index contributed by atoms with van der Waals surface area (Å²) in [6.07, 6.45) is 4.58. The van der Waals surface area contributed by atoms with Crippen molar-refractivity contribution in [3.8, 4) is 0 Å². The van der Waals surface area contributed by atoms with Gasteiger partial charge in [0.2, 0.25) is 5.91 Å².